The summed E-state index contributed by atoms with van der Waals surface area (Å²) in [5.74, 6) is -1.08. The van der Waals surface area contributed by atoms with Crippen LogP contribution >= 0.6 is 23.1 Å². The summed E-state index contributed by atoms with van der Waals surface area (Å²) >= 11 is 2.78. The van der Waals surface area contributed by atoms with Crippen LogP contribution in [0.15, 0.2) is 108 Å². The number of nitrogens with one attached hydrogen (secondary N) is 3. The van der Waals surface area contributed by atoms with Crippen molar-refractivity contribution in [3.63, 3.8) is 0 Å². The van der Waals surface area contributed by atoms with Gasteiger partial charge in [0.1, 0.15) is 10.7 Å². The Morgan fingerprint density at radius 1 is 0.920 bits per heavy atom. The molecular weight excluding hydrogens is 667 g/mol. The van der Waals surface area contributed by atoms with Crippen molar-refractivity contribution in [3.8, 4) is 0 Å². The number of ether oxygens (including phenoxy) is 1. The fraction of sp³-hybridized carbons (Fsp3) is 0.200. The van der Waals surface area contributed by atoms with E-state index < -0.39 is 23.0 Å². The predicted octanol–water partition coefficient (Wildman–Crippen LogP) is 8.34. The summed E-state index contributed by atoms with van der Waals surface area (Å²) in [6.07, 6.45) is 4.32. The third-order valence-electron chi connectivity index (χ3n) is 8.56. The number of hydrogen-bond acceptors (Lipinski definition) is 7. The quantitative estimate of drug-likeness (QED) is 0.0766. The maximum absolute atomic E-state index is 13.8. The number of fused-ring (bicyclic) bond motifs is 2. The van der Waals surface area contributed by atoms with E-state index in [-0.39, 0.29) is 11.6 Å². The number of methoxy groups -OCH3 is 1. The highest BCUT2D eigenvalue weighted by Gasteiger charge is 2.30. The number of rotatable bonds is 10. The standard InChI is InChI=1S/C40H37N3O5S2/c1-24-19-20-32-34(21-24)50-39(35(32)40(47)48-3)43-36(44)25(2)49-30-17-10-16-29(23-30)41-38(46)33(42-37(45)27-12-5-4-6-13-27)22-28-15-9-14-26-11-7-8-18-31(26)28/h4-18,22-25H,19-21H2,1-3H3,(H,41,46)(H,42,45)(H,43,44)/b33-22+. The lowest BCUT2D eigenvalue weighted by atomic mass is 9.88. The Labute approximate surface area is 299 Å². The van der Waals surface area contributed by atoms with Gasteiger partial charge in [-0.15, -0.1) is 23.1 Å². The fourth-order valence-corrected chi connectivity index (χ4v) is 8.28. The third-order valence-corrected chi connectivity index (χ3v) is 10.8. The molecule has 50 heavy (non-hydrogen) atoms. The Kier molecular flexibility index (Phi) is 10.8. The van der Waals surface area contributed by atoms with Gasteiger partial charge >= 0.3 is 5.97 Å². The molecule has 254 valence electrons. The van der Waals surface area contributed by atoms with E-state index in [1.807, 2.05) is 54.6 Å². The summed E-state index contributed by atoms with van der Waals surface area (Å²) in [7, 11) is 1.35. The molecule has 3 amide bonds. The third kappa shape index (κ3) is 7.98. The summed E-state index contributed by atoms with van der Waals surface area (Å²) in [4.78, 5) is 55.0. The van der Waals surface area contributed by atoms with E-state index in [1.165, 1.54) is 30.2 Å². The van der Waals surface area contributed by atoms with E-state index in [0.717, 1.165) is 50.9 Å². The topological polar surface area (TPSA) is 114 Å². The van der Waals surface area contributed by atoms with Crippen molar-refractivity contribution in [1.82, 2.24) is 5.32 Å². The molecule has 8 nitrogen and oxygen atoms in total. The molecule has 4 aromatic carbocycles. The zero-order chi connectivity index (χ0) is 35.2. The van der Waals surface area contributed by atoms with Crippen LogP contribution in [0, 0.1) is 5.92 Å². The zero-order valence-electron chi connectivity index (χ0n) is 27.9. The number of carbonyl (C=O) groups is 4. The Bertz CT molecular complexity index is 2100. The molecule has 2 atom stereocenters. The fourth-order valence-electron chi connectivity index (χ4n) is 5.95. The highest BCUT2D eigenvalue weighted by atomic mass is 32.2. The van der Waals surface area contributed by atoms with E-state index >= 15 is 0 Å². The van der Waals surface area contributed by atoms with Gasteiger partial charge in [-0.05, 0) is 90.4 Å². The second-order valence-electron chi connectivity index (χ2n) is 12.2. The number of esters is 1. The zero-order valence-corrected chi connectivity index (χ0v) is 29.6. The molecule has 0 bridgehead atoms. The molecule has 0 fully saturated rings. The second kappa shape index (κ2) is 15.6. The minimum Gasteiger partial charge on any atom is -0.465 e. The number of carbonyl (C=O) groups excluding carboxylic acids is 4. The molecule has 0 saturated heterocycles. The molecule has 1 heterocycles. The number of anilines is 2. The first-order valence-corrected chi connectivity index (χ1v) is 18.1. The van der Waals surface area contributed by atoms with Crippen LogP contribution in [0.4, 0.5) is 10.7 Å². The smallest absolute Gasteiger partial charge is 0.341 e. The molecule has 2 unspecified atom stereocenters. The lowest BCUT2D eigenvalue weighted by molar-refractivity contribution is -0.115. The molecule has 3 N–H and O–H groups in total. The molecule has 6 rings (SSSR count). The van der Waals surface area contributed by atoms with Crippen LogP contribution in [0.3, 0.4) is 0 Å². The Balaban J connectivity index is 1.19. The maximum atomic E-state index is 13.8. The lowest BCUT2D eigenvalue weighted by Gasteiger charge is -2.18. The van der Waals surface area contributed by atoms with Crippen molar-refractivity contribution in [2.75, 3.05) is 17.7 Å². The van der Waals surface area contributed by atoms with E-state index in [0.29, 0.717) is 27.7 Å². The summed E-state index contributed by atoms with van der Waals surface area (Å²) in [5.41, 5.74) is 3.22. The van der Waals surface area contributed by atoms with Crippen molar-refractivity contribution in [2.45, 2.75) is 43.3 Å². The average Bonchev–Trinajstić information content (AvgIpc) is 3.48. The second-order valence-corrected chi connectivity index (χ2v) is 14.7. The van der Waals surface area contributed by atoms with Gasteiger partial charge in [0.15, 0.2) is 0 Å². The molecule has 0 spiro atoms. The number of benzene rings is 4. The van der Waals surface area contributed by atoms with Gasteiger partial charge in [-0.1, -0.05) is 73.7 Å². The van der Waals surface area contributed by atoms with Crippen LogP contribution in [0.5, 0.6) is 0 Å². The number of amides is 3. The maximum Gasteiger partial charge on any atom is 0.341 e. The van der Waals surface area contributed by atoms with E-state index in [9.17, 15) is 19.2 Å². The van der Waals surface area contributed by atoms with Gasteiger partial charge in [-0.3, -0.25) is 14.4 Å². The van der Waals surface area contributed by atoms with E-state index in [1.54, 1.807) is 55.5 Å². The number of thiophene rings is 1. The molecule has 1 aliphatic carbocycles. The molecule has 10 heteroatoms. The predicted molar refractivity (Wildman–Crippen MR) is 202 cm³/mol. The monoisotopic (exact) mass is 703 g/mol. The first-order chi connectivity index (χ1) is 24.2. The van der Waals surface area contributed by atoms with Crippen LogP contribution in [-0.4, -0.2) is 36.1 Å². The lowest BCUT2D eigenvalue weighted by Crippen LogP contribution is -2.30. The van der Waals surface area contributed by atoms with Crippen molar-refractivity contribution < 1.29 is 23.9 Å². The highest BCUT2D eigenvalue weighted by Crippen LogP contribution is 2.40. The van der Waals surface area contributed by atoms with Crippen LogP contribution < -0.4 is 16.0 Å². The first kappa shape index (κ1) is 34.7. The van der Waals surface area contributed by atoms with Crippen molar-refractivity contribution >= 4 is 74.3 Å². The largest absolute Gasteiger partial charge is 0.465 e. The molecule has 0 aliphatic heterocycles. The van der Waals surface area contributed by atoms with Crippen LogP contribution in [0.1, 0.15) is 57.0 Å². The van der Waals surface area contributed by atoms with Gasteiger partial charge < -0.3 is 20.7 Å². The van der Waals surface area contributed by atoms with Crippen molar-refractivity contribution in [3.05, 3.63) is 130 Å². The molecule has 1 aromatic heterocycles. The van der Waals surface area contributed by atoms with Crippen LogP contribution in [-0.2, 0) is 27.2 Å². The van der Waals surface area contributed by atoms with Crippen molar-refractivity contribution in [2.24, 2.45) is 5.92 Å². The molecule has 0 radical (unpaired) electrons. The molecule has 0 saturated carbocycles. The first-order valence-electron chi connectivity index (χ1n) is 16.4. The summed E-state index contributed by atoms with van der Waals surface area (Å²) in [5, 5.41) is 10.7. The Morgan fingerprint density at radius 2 is 1.66 bits per heavy atom. The van der Waals surface area contributed by atoms with Gasteiger partial charge in [-0.2, -0.15) is 0 Å². The minimum absolute atomic E-state index is 0.0791. The highest BCUT2D eigenvalue weighted by molar-refractivity contribution is 8.00. The molecule has 1 aliphatic rings. The minimum atomic E-state index is -0.517. The SMILES string of the molecule is COC(=O)c1c(NC(=O)C(C)Sc2cccc(NC(=O)/C(=C\c3cccc4ccccc34)NC(=O)c3ccccc3)c2)sc2c1CCC(C)C2. The average molecular weight is 704 g/mol. The molecular formula is C40H37N3O5S2. The summed E-state index contributed by atoms with van der Waals surface area (Å²) in [6.45, 7) is 3.99. The van der Waals surface area contributed by atoms with Gasteiger partial charge in [0.25, 0.3) is 11.8 Å². The number of hydrogen-bond donors (Lipinski definition) is 3. The number of thioether (sulfide) groups is 1. The summed E-state index contributed by atoms with van der Waals surface area (Å²) in [6, 6.07) is 29.5. The van der Waals surface area contributed by atoms with E-state index in [2.05, 4.69) is 22.9 Å². The Morgan fingerprint density at radius 3 is 2.46 bits per heavy atom. The van der Waals surface area contributed by atoms with Gasteiger partial charge in [0, 0.05) is 21.0 Å². The van der Waals surface area contributed by atoms with Gasteiger partial charge in [0.05, 0.1) is 17.9 Å². The van der Waals surface area contributed by atoms with E-state index in [4.69, 9.17) is 4.74 Å². The molecule has 5 aromatic rings. The van der Waals surface area contributed by atoms with Crippen LogP contribution in [0.25, 0.3) is 16.8 Å². The van der Waals surface area contributed by atoms with Crippen molar-refractivity contribution in [1.29, 1.82) is 0 Å². The van der Waals surface area contributed by atoms with Gasteiger partial charge in [-0.25, -0.2) is 4.79 Å². The normalized spacial score (nSPS) is 14.7. The van der Waals surface area contributed by atoms with Crippen LogP contribution in [0.2, 0.25) is 0 Å². The Hall–Kier alpha value is -5.19. The van der Waals surface area contributed by atoms with Gasteiger partial charge in [0.2, 0.25) is 5.91 Å². The summed E-state index contributed by atoms with van der Waals surface area (Å²) < 4.78 is 5.07.